The molecule has 0 saturated heterocycles. The average molecular weight is 302 g/mol. The van der Waals surface area contributed by atoms with Crippen LogP contribution < -0.4 is 0 Å². The fourth-order valence-corrected chi connectivity index (χ4v) is 1.81. The van der Waals surface area contributed by atoms with Crippen LogP contribution in [0.25, 0.3) is 11.5 Å². The molecule has 1 aromatic carbocycles. The zero-order valence-corrected chi connectivity index (χ0v) is 11.2. The summed E-state index contributed by atoms with van der Waals surface area (Å²) in [6.45, 7) is 3.82. The van der Waals surface area contributed by atoms with E-state index in [0.29, 0.717) is 11.7 Å². The summed E-state index contributed by atoms with van der Waals surface area (Å²) in [4.78, 5) is 4.24. The van der Waals surface area contributed by atoms with Crippen molar-refractivity contribution in [2.75, 3.05) is 0 Å². The first-order valence-corrected chi connectivity index (χ1v) is 6.05. The summed E-state index contributed by atoms with van der Waals surface area (Å²) in [6.07, 6.45) is 0. The van der Waals surface area contributed by atoms with E-state index in [1.807, 2.05) is 32.0 Å². The van der Waals surface area contributed by atoms with E-state index >= 15 is 0 Å². The topological polar surface area (TPSA) is 38.9 Å². The lowest BCUT2D eigenvalue weighted by molar-refractivity contribution is 0.422. The van der Waals surface area contributed by atoms with Crippen molar-refractivity contribution in [3.05, 3.63) is 34.1 Å². The summed E-state index contributed by atoms with van der Waals surface area (Å²) in [5.41, 5.74) is 2.02. The van der Waals surface area contributed by atoms with Gasteiger partial charge in [-0.25, -0.2) is 0 Å². The molecule has 0 aliphatic rings. The van der Waals surface area contributed by atoms with Crippen molar-refractivity contribution in [1.29, 1.82) is 0 Å². The third kappa shape index (κ3) is 2.28. The predicted octanol–water partition coefficient (Wildman–Crippen LogP) is 4.11. The van der Waals surface area contributed by atoms with Gasteiger partial charge < -0.3 is 4.52 Å². The van der Waals surface area contributed by atoms with Gasteiger partial charge in [-0.3, -0.25) is 0 Å². The summed E-state index contributed by atoms with van der Waals surface area (Å²) in [7, 11) is 0. The van der Waals surface area contributed by atoms with E-state index in [-0.39, 0.29) is 5.38 Å². The van der Waals surface area contributed by atoms with Crippen LogP contribution in [0, 0.1) is 6.92 Å². The molecule has 0 bridgehead atoms. The Hall–Kier alpha value is -0.870. The van der Waals surface area contributed by atoms with E-state index in [1.165, 1.54) is 0 Å². The number of aryl methyl sites for hydroxylation is 1. The molecule has 1 unspecified atom stereocenters. The van der Waals surface area contributed by atoms with Crippen LogP contribution in [0.4, 0.5) is 0 Å². The van der Waals surface area contributed by atoms with Gasteiger partial charge in [-0.2, -0.15) is 4.98 Å². The van der Waals surface area contributed by atoms with Crippen molar-refractivity contribution in [3.8, 4) is 11.5 Å². The van der Waals surface area contributed by atoms with Crippen molar-refractivity contribution in [3.63, 3.8) is 0 Å². The van der Waals surface area contributed by atoms with E-state index in [9.17, 15) is 0 Å². The molecular weight excluding hydrogens is 291 g/mol. The summed E-state index contributed by atoms with van der Waals surface area (Å²) in [5.74, 6) is 0.989. The second kappa shape index (κ2) is 4.55. The number of benzene rings is 1. The third-order valence-corrected chi connectivity index (χ3v) is 3.04. The fraction of sp³-hybridized carbons (Fsp3) is 0.273. The van der Waals surface area contributed by atoms with Crippen molar-refractivity contribution in [2.45, 2.75) is 19.2 Å². The Balaban J connectivity index is 2.46. The summed E-state index contributed by atoms with van der Waals surface area (Å²) in [6, 6.07) is 5.95. The number of hydrogen-bond acceptors (Lipinski definition) is 3. The average Bonchev–Trinajstić information content (AvgIpc) is 2.70. The number of halogens is 2. The van der Waals surface area contributed by atoms with Gasteiger partial charge in [0, 0.05) is 4.47 Å². The largest absolute Gasteiger partial charge is 0.334 e. The van der Waals surface area contributed by atoms with Crippen molar-refractivity contribution in [1.82, 2.24) is 10.1 Å². The molecule has 0 saturated carbocycles. The minimum Gasteiger partial charge on any atom is -0.334 e. The van der Waals surface area contributed by atoms with Crippen LogP contribution in [-0.4, -0.2) is 10.1 Å². The molecule has 3 nitrogen and oxygen atoms in total. The number of rotatable bonds is 2. The van der Waals surface area contributed by atoms with Crippen LogP contribution in [0.3, 0.4) is 0 Å². The van der Waals surface area contributed by atoms with E-state index in [4.69, 9.17) is 16.1 Å². The summed E-state index contributed by atoms with van der Waals surface area (Å²) in [5, 5.41) is 3.57. The first-order chi connectivity index (χ1) is 7.58. The molecule has 0 N–H and O–H groups in total. The molecule has 5 heteroatoms. The standard InChI is InChI=1S/C11H10BrClN2O/c1-6-3-4-9(12)8(5-6)11-14-10(7(2)13)15-16-11/h3-5,7H,1-2H3. The molecule has 2 aromatic rings. The molecule has 2 rings (SSSR count). The van der Waals surface area contributed by atoms with Crippen LogP contribution >= 0.6 is 27.5 Å². The number of hydrogen-bond donors (Lipinski definition) is 0. The molecule has 0 spiro atoms. The highest BCUT2D eigenvalue weighted by Gasteiger charge is 2.14. The molecule has 84 valence electrons. The number of nitrogens with zero attached hydrogens (tertiary/aromatic N) is 2. The van der Waals surface area contributed by atoms with Gasteiger partial charge >= 0.3 is 0 Å². The van der Waals surface area contributed by atoms with Crippen LogP contribution in [-0.2, 0) is 0 Å². The lowest BCUT2D eigenvalue weighted by Gasteiger charge is -1.99. The van der Waals surface area contributed by atoms with Gasteiger partial charge in [-0.1, -0.05) is 16.8 Å². The Kier molecular flexibility index (Phi) is 3.30. The number of alkyl halides is 1. The SMILES string of the molecule is Cc1ccc(Br)c(-c2nc(C(C)Cl)no2)c1. The van der Waals surface area contributed by atoms with E-state index in [0.717, 1.165) is 15.6 Å². The Morgan fingerprint density at radius 3 is 2.81 bits per heavy atom. The van der Waals surface area contributed by atoms with Crippen LogP contribution in [0.2, 0.25) is 0 Å². The lowest BCUT2D eigenvalue weighted by atomic mass is 10.1. The summed E-state index contributed by atoms with van der Waals surface area (Å²) < 4.78 is 6.10. The van der Waals surface area contributed by atoms with Crippen LogP contribution in [0.15, 0.2) is 27.2 Å². The molecule has 1 atom stereocenters. The van der Waals surface area contributed by atoms with Crippen molar-refractivity contribution >= 4 is 27.5 Å². The highest BCUT2D eigenvalue weighted by Crippen LogP contribution is 2.29. The van der Waals surface area contributed by atoms with E-state index in [1.54, 1.807) is 0 Å². The van der Waals surface area contributed by atoms with Gasteiger partial charge in [0.05, 0.1) is 10.9 Å². The fourth-order valence-electron chi connectivity index (χ4n) is 1.31. The maximum Gasteiger partial charge on any atom is 0.259 e. The maximum absolute atomic E-state index is 5.88. The molecule has 1 heterocycles. The van der Waals surface area contributed by atoms with Crippen molar-refractivity contribution in [2.24, 2.45) is 0 Å². The minimum atomic E-state index is -0.249. The Labute approximate surface area is 107 Å². The first kappa shape index (κ1) is 11.6. The van der Waals surface area contributed by atoms with Gasteiger partial charge in [0.25, 0.3) is 5.89 Å². The van der Waals surface area contributed by atoms with Crippen molar-refractivity contribution < 1.29 is 4.52 Å². The quantitative estimate of drug-likeness (QED) is 0.784. The molecule has 0 amide bonds. The Morgan fingerprint density at radius 1 is 1.44 bits per heavy atom. The van der Waals surface area contributed by atoms with Gasteiger partial charge in [0.1, 0.15) is 0 Å². The summed E-state index contributed by atoms with van der Waals surface area (Å²) >= 11 is 9.33. The number of aromatic nitrogens is 2. The zero-order valence-electron chi connectivity index (χ0n) is 8.87. The second-order valence-corrected chi connectivity index (χ2v) is 5.07. The molecule has 0 radical (unpaired) electrons. The molecule has 16 heavy (non-hydrogen) atoms. The maximum atomic E-state index is 5.88. The highest BCUT2D eigenvalue weighted by molar-refractivity contribution is 9.10. The van der Waals surface area contributed by atoms with Gasteiger partial charge in [0.2, 0.25) is 0 Å². The zero-order chi connectivity index (χ0) is 11.7. The smallest absolute Gasteiger partial charge is 0.259 e. The van der Waals surface area contributed by atoms with Gasteiger partial charge in [0.15, 0.2) is 5.82 Å². The Bertz CT molecular complexity index is 510. The highest BCUT2D eigenvalue weighted by atomic mass is 79.9. The van der Waals surface area contributed by atoms with E-state index < -0.39 is 0 Å². The molecule has 0 fully saturated rings. The van der Waals surface area contributed by atoms with E-state index in [2.05, 4.69) is 26.1 Å². The van der Waals surface area contributed by atoms with Crippen LogP contribution in [0.5, 0.6) is 0 Å². The second-order valence-electron chi connectivity index (χ2n) is 3.56. The normalized spacial score (nSPS) is 12.8. The monoisotopic (exact) mass is 300 g/mol. The molecule has 0 aliphatic carbocycles. The predicted molar refractivity (Wildman–Crippen MR) is 66.4 cm³/mol. The molecule has 0 aliphatic heterocycles. The lowest BCUT2D eigenvalue weighted by Crippen LogP contribution is -1.87. The Morgan fingerprint density at radius 2 is 2.19 bits per heavy atom. The third-order valence-electron chi connectivity index (χ3n) is 2.15. The minimum absolute atomic E-state index is 0.249. The molecule has 1 aromatic heterocycles. The van der Waals surface area contributed by atoms with Crippen LogP contribution in [0.1, 0.15) is 23.7 Å². The molecular formula is C11H10BrClN2O. The van der Waals surface area contributed by atoms with Gasteiger partial charge in [-0.15, -0.1) is 11.6 Å². The first-order valence-electron chi connectivity index (χ1n) is 4.82. The van der Waals surface area contributed by atoms with Gasteiger partial charge in [-0.05, 0) is 41.9 Å².